The number of nitrogens with zero attached hydrogens (tertiary/aromatic N) is 1. The van der Waals surface area contributed by atoms with Gasteiger partial charge in [0.25, 0.3) is 0 Å². The predicted octanol–water partition coefficient (Wildman–Crippen LogP) is 3.65. The van der Waals surface area contributed by atoms with Crippen LogP contribution in [0.15, 0.2) is 36.5 Å². The number of nitrogens with two attached hydrogens (primary N) is 1. The second-order valence-electron chi connectivity index (χ2n) is 4.21. The first-order chi connectivity index (χ1) is 9.26. The van der Waals surface area contributed by atoms with E-state index in [1.807, 2.05) is 30.3 Å². The molecule has 0 aliphatic heterocycles. The lowest BCUT2D eigenvalue weighted by molar-refractivity contribution is 0.313. The quantitative estimate of drug-likeness (QED) is 0.907. The molecule has 0 atom stereocenters. The Balaban J connectivity index is 2.36. The van der Waals surface area contributed by atoms with Gasteiger partial charge in [-0.3, -0.25) is 4.98 Å². The monoisotopic (exact) mass is 276 g/mol. The van der Waals surface area contributed by atoms with Gasteiger partial charge in [-0.05, 0) is 18.6 Å². The van der Waals surface area contributed by atoms with Crippen molar-refractivity contribution < 1.29 is 4.74 Å². The van der Waals surface area contributed by atoms with Gasteiger partial charge in [-0.1, -0.05) is 36.7 Å². The standard InChI is InChI=1S/C15H17ClN2O/c1-2-7-19-15-10-18-14(8-11(15)9-17)12-5-3-4-6-13(12)16/h3-6,8,10H,2,7,9,17H2,1H3. The van der Waals surface area contributed by atoms with E-state index in [4.69, 9.17) is 22.1 Å². The van der Waals surface area contributed by atoms with E-state index in [1.165, 1.54) is 0 Å². The molecule has 0 aliphatic rings. The normalized spacial score (nSPS) is 10.5. The molecule has 1 aromatic carbocycles. The SMILES string of the molecule is CCCOc1cnc(-c2ccccc2Cl)cc1CN. The minimum absolute atomic E-state index is 0.416. The molecule has 1 heterocycles. The minimum Gasteiger partial charge on any atom is -0.492 e. The Morgan fingerprint density at radius 2 is 2.11 bits per heavy atom. The van der Waals surface area contributed by atoms with Crippen LogP contribution in [0.1, 0.15) is 18.9 Å². The van der Waals surface area contributed by atoms with Crippen molar-refractivity contribution in [2.24, 2.45) is 5.73 Å². The van der Waals surface area contributed by atoms with Crippen LogP contribution < -0.4 is 10.5 Å². The molecule has 19 heavy (non-hydrogen) atoms. The van der Waals surface area contributed by atoms with Gasteiger partial charge in [0.1, 0.15) is 5.75 Å². The average molecular weight is 277 g/mol. The van der Waals surface area contributed by atoms with Crippen molar-refractivity contribution in [3.63, 3.8) is 0 Å². The molecule has 2 aromatic rings. The molecule has 4 heteroatoms. The summed E-state index contributed by atoms with van der Waals surface area (Å²) in [5.41, 5.74) is 8.43. The van der Waals surface area contributed by atoms with E-state index >= 15 is 0 Å². The third kappa shape index (κ3) is 3.25. The number of aromatic nitrogens is 1. The summed E-state index contributed by atoms with van der Waals surface area (Å²) >= 11 is 6.18. The fourth-order valence-electron chi connectivity index (χ4n) is 1.80. The molecular formula is C15H17ClN2O. The van der Waals surface area contributed by atoms with Gasteiger partial charge in [-0.2, -0.15) is 0 Å². The highest BCUT2D eigenvalue weighted by atomic mass is 35.5. The topological polar surface area (TPSA) is 48.1 Å². The minimum atomic E-state index is 0.416. The fourth-order valence-corrected chi connectivity index (χ4v) is 2.03. The smallest absolute Gasteiger partial charge is 0.142 e. The van der Waals surface area contributed by atoms with Crippen molar-refractivity contribution in [2.45, 2.75) is 19.9 Å². The fraction of sp³-hybridized carbons (Fsp3) is 0.267. The van der Waals surface area contributed by atoms with E-state index in [9.17, 15) is 0 Å². The molecule has 2 rings (SSSR count). The lowest BCUT2D eigenvalue weighted by Gasteiger charge is -2.11. The van der Waals surface area contributed by atoms with Gasteiger partial charge in [-0.25, -0.2) is 0 Å². The van der Waals surface area contributed by atoms with Gasteiger partial charge >= 0.3 is 0 Å². The molecule has 2 N–H and O–H groups in total. The summed E-state index contributed by atoms with van der Waals surface area (Å²) in [6, 6.07) is 9.56. The number of halogens is 1. The number of benzene rings is 1. The van der Waals surface area contributed by atoms with Crippen LogP contribution in [0.5, 0.6) is 5.75 Å². The Morgan fingerprint density at radius 1 is 1.32 bits per heavy atom. The molecule has 0 fully saturated rings. The molecule has 0 aliphatic carbocycles. The van der Waals surface area contributed by atoms with E-state index in [2.05, 4.69) is 11.9 Å². The summed E-state index contributed by atoms with van der Waals surface area (Å²) in [7, 11) is 0. The molecule has 0 bridgehead atoms. The van der Waals surface area contributed by atoms with Crippen LogP contribution in [0.2, 0.25) is 5.02 Å². The second kappa shape index (κ2) is 6.55. The summed E-state index contributed by atoms with van der Waals surface area (Å²) in [5.74, 6) is 0.750. The van der Waals surface area contributed by atoms with Crippen LogP contribution in [0.25, 0.3) is 11.3 Å². The first kappa shape index (κ1) is 13.8. The summed E-state index contributed by atoms with van der Waals surface area (Å²) < 4.78 is 5.62. The summed E-state index contributed by atoms with van der Waals surface area (Å²) in [5, 5.41) is 0.681. The predicted molar refractivity (Wildman–Crippen MR) is 78.4 cm³/mol. The number of ether oxygens (including phenoxy) is 1. The molecule has 0 saturated carbocycles. The zero-order valence-electron chi connectivity index (χ0n) is 10.9. The maximum Gasteiger partial charge on any atom is 0.142 e. The number of pyridine rings is 1. The van der Waals surface area contributed by atoms with Crippen LogP contribution in [-0.4, -0.2) is 11.6 Å². The molecule has 0 radical (unpaired) electrons. The van der Waals surface area contributed by atoms with Gasteiger partial charge in [-0.15, -0.1) is 0 Å². The first-order valence-corrected chi connectivity index (χ1v) is 6.70. The van der Waals surface area contributed by atoms with Crippen molar-refractivity contribution in [1.29, 1.82) is 0 Å². The van der Waals surface area contributed by atoms with Crippen LogP contribution in [-0.2, 0) is 6.54 Å². The van der Waals surface area contributed by atoms with Crippen LogP contribution >= 0.6 is 11.6 Å². The molecule has 3 nitrogen and oxygen atoms in total. The van der Waals surface area contributed by atoms with Gasteiger partial charge in [0.2, 0.25) is 0 Å². The van der Waals surface area contributed by atoms with E-state index in [1.54, 1.807) is 6.20 Å². The van der Waals surface area contributed by atoms with Crippen molar-refractivity contribution in [3.8, 4) is 17.0 Å². The van der Waals surface area contributed by atoms with Gasteiger partial charge in [0.15, 0.2) is 0 Å². The highest BCUT2D eigenvalue weighted by Crippen LogP contribution is 2.29. The van der Waals surface area contributed by atoms with Crippen LogP contribution in [0, 0.1) is 0 Å². The summed E-state index contributed by atoms with van der Waals surface area (Å²) in [4.78, 5) is 4.41. The van der Waals surface area contributed by atoms with E-state index in [0.29, 0.717) is 18.2 Å². The van der Waals surface area contributed by atoms with Crippen molar-refractivity contribution in [2.75, 3.05) is 6.61 Å². The molecular weight excluding hydrogens is 260 g/mol. The highest BCUT2D eigenvalue weighted by Gasteiger charge is 2.09. The molecule has 0 unspecified atom stereocenters. The zero-order valence-corrected chi connectivity index (χ0v) is 11.7. The number of hydrogen-bond donors (Lipinski definition) is 1. The van der Waals surface area contributed by atoms with E-state index in [0.717, 1.165) is 29.0 Å². The van der Waals surface area contributed by atoms with Crippen LogP contribution in [0.3, 0.4) is 0 Å². The van der Waals surface area contributed by atoms with Crippen molar-refractivity contribution in [1.82, 2.24) is 4.98 Å². The van der Waals surface area contributed by atoms with E-state index in [-0.39, 0.29) is 0 Å². The summed E-state index contributed by atoms with van der Waals surface area (Å²) in [6.07, 6.45) is 2.67. The molecule has 0 amide bonds. The Hall–Kier alpha value is -1.58. The Labute approximate surface area is 118 Å². The van der Waals surface area contributed by atoms with Gasteiger partial charge < -0.3 is 10.5 Å². The lowest BCUT2D eigenvalue weighted by Crippen LogP contribution is -2.04. The molecule has 0 spiro atoms. The average Bonchev–Trinajstić information content (AvgIpc) is 2.45. The zero-order chi connectivity index (χ0) is 13.7. The van der Waals surface area contributed by atoms with Crippen molar-refractivity contribution in [3.05, 3.63) is 47.1 Å². The second-order valence-corrected chi connectivity index (χ2v) is 4.62. The highest BCUT2D eigenvalue weighted by molar-refractivity contribution is 6.33. The molecule has 100 valence electrons. The molecule has 0 saturated heterocycles. The Bertz CT molecular complexity index is 558. The number of hydrogen-bond acceptors (Lipinski definition) is 3. The van der Waals surface area contributed by atoms with Crippen LogP contribution in [0.4, 0.5) is 0 Å². The third-order valence-corrected chi connectivity index (χ3v) is 3.11. The van der Waals surface area contributed by atoms with E-state index < -0.39 is 0 Å². The third-order valence-electron chi connectivity index (χ3n) is 2.78. The maximum atomic E-state index is 6.18. The first-order valence-electron chi connectivity index (χ1n) is 6.33. The Morgan fingerprint density at radius 3 is 2.79 bits per heavy atom. The maximum absolute atomic E-state index is 6.18. The van der Waals surface area contributed by atoms with Gasteiger partial charge in [0.05, 0.1) is 18.5 Å². The lowest BCUT2D eigenvalue weighted by atomic mass is 10.1. The summed E-state index contributed by atoms with van der Waals surface area (Å²) in [6.45, 7) is 3.15. The van der Waals surface area contributed by atoms with Crippen molar-refractivity contribution >= 4 is 11.6 Å². The largest absolute Gasteiger partial charge is 0.492 e. The number of rotatable bonds is 5. The molecule has 1 aromatic heterocycles. The van der Waals surface area contributed by atoms with Gasteiger partial charge in [0, 0.05) is 22.7 Å². The Kier molecular flexibility index (Phi) is 4.77.